The van der Waals surface area contributed by atoms with Crippen LogP contribution in [-0.2, 0) is 19.4 Å². The van der Waals surface area contributed by atoms with Crippen molar-refractivity contribution in [2.75, 3.05) is 5.32 Å². The molecule has 1 N–H and O–H groups in total. The highest BCUT2D eigenvalue weighted by molar-refractivity contribution is 6.03. The van der Waals surface area contributed by atoms with Gasteiger partial charge in [-0.2, -0.15) is 10.2 Å². The fourth-order valence-corrected chi connectivity index (χ4v) is 4.14. The fourth-order valence-electron chi connectivity index (χ4n) is 4.14. The Labute approximate surface area is 179 Å². The van der Waals surface area contributed by atoms with Gasteiger partial charge in [-0.25, -0.2) is 13.8 Å². The first-order chi connectivity index (χ1) is 15.1. The van der Waals surface area contributed by atoms with E-state index in [-0.39, 0.29) is 11.7 Å². The molecule has 1 amide bonds. The van der Waals surface area contributed by atoms with Crippen LogP contribution in [0.1, 0.15) is 39.4 Å². The number of carbonyl (C=O) groups is 1. The Morgan fingerprint density at radius 3 is 2.65 bits per heavy atom. The van der Waals surface area contributed by atoms with E-state index in [0.29, 0.717) is 23.7 Å². The summed E-state index contributed by atoms with van der Waals surface area (Å²) in [6, 6.07) is 18.3. The van der Waals surface area contributed by atoms with Crippen molar-refractivity contribution in [1.29, 1.82) is 0 Å². The molecule has 0 fully saturated rings. The number of fused-ring (bicyclic) bond motifs is 1. The number of benzene rings is 2. The van der Waals surface area contributed by atoms with Crippen molar-refractivity contribution in [2.45, 2.75) is 32.7 Å². The molecule has 31 heavy (non-hydrogen) atoms. The van der Waals surface area contributed by atoms with Crippen LogP contribution < -0.4 is 5.32 Å². The first-order valence-corrected chi connectivity index (χ1v) is 10.4. The molecular weight excluding hydrogens is 393 g/mol. The summed E-state index contributed by atoms with van der Waals surface area (Å²) in [5.41, 5.74) is 4.42. The molecule has 0 spiro atoms. The lowest BCUT2D eigenvalue weighted by Gasteiger charge is -2.09. The first kappa shape index (κ1) is 19.2. The van der Waals surface area contributed by atoms with Crippen molar-refractivity contribution in [3.05, 3.63) is 94.7 Å². The first-order valence-electron chi connectivity index (χ1n) is 10.4. The van der Waals surface area contributed by atoms with Gasteiger partial charge in [0.25, 0.3) is 5.91 Å². The Morgan fingerprint density at radius 2 is 1.84 bits per heavy atom. The number of hydrogen-bond donors (Lipinski definition) is 1. The fraction of sp³-hybridized carbons (Fsp3) is 0.208. The van der Waals surface area contributed by atoms with Crippen LogP contribution in [0.2, 0.25) is 0 Å². The van der Waals surface area contributed by atoms with Crippen LogP contribution in [-0.4, -0.2) is 25.5 Å². The topological polar surface area (TPSA) is 64.7 Å². The van der Waals surface area contributed by atoms with Crippen molar-refractivity contribution in [3.63, 3.8) is 0 Å². The smallest absolute Gasteiger partial charge is 0.277 e. The molecule has 156 valence electrons. The van der Waals surface area contributed by atoms with Gasteiger partial charge in [-0.1, -0.05) is 42.5 Å². The molecule has 1 aliphatic carbocycles. The van der Waals surface area contributed by atoms with E-state index in [9.17, 15) is 9.18 Å². The molecule has 0 radical (unpaired) electrons. The van der Waals surface area contributed by atoms with Crippen LogP contribution >= 0.6 is 0 Å². The molecule has 2 aromatic carbocycles. The van der Waals surface area contributed by atoms with Crippen LogP contribution in [0.4, 0.5) is 10.2 Å². The number of anilines is 1. The lowest BCUT2D eigenvalue weighted by Crippen LogP contribution is -2.18. The van der Waals surface area contributed by atoms with Gasteiger partial charge in [-0.05, 0) is 43.9 Å². The van der Waals surface area contributed by atoms with Crippen LogP contribution in [0.15, 0.2) is 60.7 Å². The molecule has 0 bridgehead atoms. The van der Waals surface area contributed by atoms with Crippen molar-refractivity contribution in [2.24, 2.45) is 0 Å². The van der Waals surface area contributed by atoms with Crippen molar-refractivity contribution in [3.8, 4) is 5.69 Å². The molecular formula is C24H22FN5O. The molecule has 1 aliphatic rings. The van der Waals surface area contributed by atoms with Gasteiger partial charge in [0.1, 0.15) is 17.3 Å². The predicted octanol–water partition coefficient (Wildman–Crippen LogP) is 4.31. The molecule has 0 unspecified atom stereocenters. The van der Waals surface area contributed by atoms with Crippen LogP contribution in [0.3, 0.4) is 0 Å². The van der Waals surface area contributed by atoms with E-state index in [1.807, 2.05) is 43.3 Å². The molecule has 6 nitrogen and oxygen atoms in total. The average molecular weight is 415 g/mol. The summed E-state index contributed by atoms with van der Waals surface area (Å²) in [6.45, 7) is 2.44. The average Bonchev–Trinajstić information content (AvgIpc) is 3.45. The lowest BCUT2D eigenvalue weighted by atomic mass is 10.2. The van der Waals surface area contributed by atoms with E-state index in [0.717, 1.165) is 41.8 Å². The molecule has 7 heteroatoms. The Balaban J connectivity index is 1.46. The van der Waals surface area contributed by atoms with Crippen molar-refractivity contribution >= 4 is 11.7 Å². The van der Waals surface area contributed by atoms with Gasteiger partial charge in [0.2, 0.25) is 0 Å². The second-order valence-corrected chi connectivity index (χ2v) is 7.76. The minimum Gasteiger partial charge on any atom is -0.305 e. The second-order valence-electron chi connectivity index (χ2n) is 7.76. The van der Waals surface area contributed by atoms with E-state index in [1.54, 1.807) is 27.6 Å². The summed E-state index contributed by atoms with van der Waals surface area (Å²) in [6.07, 6.45) is 2.46. The third-order valence-corrected chi connectivity index (χ3v) is 5.54. The third kappa shape index (κ3) is 3.63. The van der Waals surface area contributed by atoms with Crippen molar-refractivity contribution in [1.82, 2.24) is 19.6 Å². The van der Waals surface area contributed by atoms with Gasteiger partial charge in [0, 0.05) is 17.3 Å². The Bertz CT molecular complexity index is 1260. The summed E-state index contributed by atoms with van der Waals surface area (Å²) in [5.74, 6) is -0.0517. The van der Waals surface area contributed by atoms with Gasteiger partial charge in [0.15, 0.2) is 5.69 Å². The van der Waals surface area contributed by atoms with E-state index >= 15 is 0 Å². The lowest BCUT2D eigenvalue weighted by molar-refractivity contribution is 0.102. The number of halogens is 1. The number of nitrogens with one attached hydrogen (secondary N) is 1. The number of para-hydroxylation sites is 1. The summed E-state index contributed by atoms with van der Waals surface area (Å²) in [4.78, 5) is 13.2. The number of hydrogen-bond acceptors (Lipinski definition) is 3. The quantitative estimate of drug-likeness (QED) is 0.528. The van der Waals surface area contributed by atoms with Gasteiger partial charge >= 0.3 is 0 Å². The SMILES string of the molecule is Cc1cc(NC(=O)c2nn(-c3ccccc3F)c3c2CCC3)n(Cc2ccccc2)n1. The third-order valence-electron chi connectivity index (χ3n) is 5.54. The van der Waals surface area contributed by atoms with Gasteiger partial charge in [-0.3, -0.25) is 4.79 Å². The summed E-state index contributed by atoms with van der Waals surface area (Å²) < 4.78 is 17.7. The molecule has 0 saturated carbocycles. The number of aromatic nitrogens is 4. The maximum atomic E-state index is 14.4. The molecule has 0 aliphatic heterocycles. The van der Waals surface area contributed by atoms with Gasteiger partial charge < -0.3 is 5.32 Å². The molecule has 0 atom stereocenters. The van der Waals surface area contributed by atoms with Gasteiger partial charge in [0.05, 0.1) is 12.2 Å². The predicted molar refractivity (Wildman–Crippen MR) is 116 cm³/mol. The van der Waals surface area contributed by atoms with E-state index in [2.05, 4.69) is 15.5 Å². The van der Waals surface area contributed by atoms with Crippen LogP contribution in [0.5, 0.6) is 0 Å². The maximum absolute atomic E-state index is 14.4. The molecule has 0 saturated heterocycles. The Kier molecular flexibility index (Phi) is 4.86. The monoisotopic (exact) mass is 415 g/mol. The van der Waals surface area contributed by atoms with E-state index in [1.165, 1.54) is 6.07 Å². The van der Waals surface area contributed by atoms with Crippen molar-refractivity contribution < 1.29 is 9.18 Å². The molecule has 4 aromatic rings. The maximum Gasteiger partial charge on any atom is 0.277 e. The zero-order valence-electron chi connectivity index (χ0n) is 17.2. The van der Waals surface area contributed by atoms with Gasteiger partial charge in [-0.15, -0.1) is 0 Å². The zero-order chi connectivity index (χ0) is 21.4. The summed E-state index contributed by atoms with van der Waals surface area (Å²) >= 11 is 0. The van der Waals surface area contributed by atoms with Crippen LogP contribution in [0, 0.1) is 12.7 Å². The number of nitrogens with zero attached hydrogens (tertiary/aromatic N) is 4. The Hall–Kier alpha value is -3.74. The summed E-state index contributed by atoms with van der Waals surface area (Å²) in [5, 5.41) is 12.0. The number of amides is 1. The zero-order valence-corrected chi connectivity index (χ0v) is 17.2. The minimum atomic E-state index is -0.358. The van der Waals surface area contributed by atoms with Crippen LogP contribution in [0.25, 0.3) is 5.69 Å². The Morgan fingerprint density at radius 1 is 1.06 bits per heavy atom. The highest BCUT2D eigenvalue weighted by Crippen LogP contribution is 2.29. The molecule has 2 heterocycles. The largest absolute Gasteiger partial charge is 0.305 e. The summed E-state index contributed by atoms with van der Waals surface area (Å²) in [7, 11) is 0. The standard InChI is InChI=1S/C24H22FN5O/c1-16-14-22(29(27-16)15-17-8-3-2-4-9-17)26-24(31)23-18-10-7-13-20(18)30(28-23)21-12-6-5-11-19(21)25/h2-6,8-9,11-12,14H,7,10,13,15H2,1H3,(H,26,31). The second kappa shape index (κ2) is 7.83. The number of rotatable bonds is 5. The normalized spacial score (nSPS) is 12.7. The minimum absolute atomic E-state index is 0.303. The van der Waals surface area contributed by atoms with E-state index < -0.39 is 0 Å². The van der Waals surface area contributed by atoms with E-state index in [4.69, 9.17) is 0 Å². The molecule has 5 rings (SSSR count). The number of aryl methyl sites for hydroxylation is 1. The highest BCUT2D eigenvalue weighted by Gasteiger charge is 2.28. The number of carbonyl (C=O) groups excluding carboxylic acids is 1. The molecule has 2 aromatic heterocycles. The highest BCUT2D eigenvalue weighted by atomic mass is 19.1.